The summed E-state index contributed by atoms with van der Waals surface area (Å²) in [7, 11) is 0. The lowest BCUT2D eigenvalue weighted by Crippen LogP contribution is -2.30. The van der Waals surface area contributed by atoms with E-state index in [-0.39, 0.29) is 0 Å². The van der Waals surface area contributed by atoms with Crippen LogP contribution in [0.1, 0.15) is 37.2 Å². The first-order valence-corrected chi connectivity index (χ1v) is 6.83. The Morgan fingerprint density at radius 1 is 1.24 bits per heavy atom. The molecule has 0 atom stereocenters. The molecular formula is C13H24N4. The Bertz CT molecular complexity index is 315. The Kier molecular flexibility index (Phi) is 5.01. The molecule has 0 bridgehead atoms. The van der Waals surface area contributed by atoms with Gasteiger partial charge in [-0.3, -0.25) is 0 Å². The monoisotopic (exact) mass is 236 g/mol. The van der Waals surface area contributed by atoms with Gasteiger partial charge in [0.05, 0.1) is 0 Å². The molecule has 4 nitrogen and oxygen atoms in total. The lowest BCUT2D eigenvalue weighted by molar-refractivity contribution is 0.226. The summed E-state index contributed by atoms with van der Waals surface area (Å²) < 4.78 is 0. The van der Waals surface area contributed by atoms with Gasteiger partial charge in [-0.05, 0) is 45.4 Å². The quantitative estimate of drug-likeness (QED) is 0.783. The summed E-state index contributed by atoms with van der Waals surface area (Å²) >= 11 is 0. The molecule has 0 unspecified atom stereocenters. The number of H-pyrrole nitrogens is 1. The molecule has 1 fully saturated rings. The summed E-state index contributed by atoms with van der Waals surface area (Å²) in [6.07, 6.45) is 9.25. The number of piperidine rings is 1. The third-order valence-electron chi connectivity index (χ3n) is 3.43. The van der Waals surface area contributed by atoms with Crippen molar-refractivity contribution in [2.45, 2.75) is 38.5 Å². The van der Waals surface area contributed by atoms with Crippen LogP contribution in [0.5, 0.6) is 0 Å². The van der Waals surface area contributed by atoms with Crippen molar-refractivity contribution in [1.29, 1.82) is 0 Å². The smallest absolute Gasteiger partial charge is 0.106 e. The lowest BCUT2D eigenvalue weighted by atomic mass is 10.1. The number of imidazole rings is 1. The number of rotatable bonds is 6. The highest BCUT2D eigenvalue weighted by atomic mass is 15.1. The van der Waals surface area contributed by atoms with Crippen LogP contribution < -0.4 is 5.73 Å². The van der Waals surface area contributed by atoms with Crippen LogP contribution in [0.2, 0.25) is 0 Å². The van der Waals surface area contributed by atoms with E-state index in [2.05, 4.69) is 14.9 Å². The van der Waals surface area contributed by atoms with Crippen LogP contribution in [0.15, 0.2) is 6.20 Å². The molecule has 2 heterocycles. The third-order valence-corrected chi connectivity index (χ3v) is 3.43. The molecule has 4 heteroatoms. The van der Waals surface area contributed by atoms with E-state index in [1.54, 1.807) is 0 Å². The minimum atomic E-state index is 0.690. The molecule has 1 aromatic rings. The molecule has 0 amide bonds. The maximum Gasteiger partial charge on any atom is 0.106 e. The molecule has 0 aliphatic carbocycles. The predicted molar refractivity (Wildman–Crippen MR) is 70.0 cm³/mol. The van der Waals surface area contributed by atoms with Gasteiger partial charge in [0.2, 0.25) is 0 Å². The average Bonchev–Trinajstić information content (AvgIpc) is 2.79. The van der Waals surface area contributed by atoms with Gasteiger partial charge in [-0.2, -0.15) is 0 Å². The Hall–Kier alpha value is -0.870. The predicted octanol–water partition coefficient (Wildman–Crippen LogP) is 1.33. The highest BCUT2D eigenvalue weighted by Gasteiger charge is 2.09. The van der Waals surface area contributed by atoms with Crippen LogP contribution in [0.25, 0.3) is 0 Å². The maximum absolute atomic E-state index is 5.51. The molecule has 1 aliphatic rings. The van der Waals surface area contributed by atoms with Gasteiger partial charge in [0.15, 0.2) is 0 Å². The number of nitrogens with zero attached hydrogens (tertiary/aromatic N) is 2. The number of nitrogens with one attached hydrogen (secondary N) is 1. The van der Waals surface area contributed by atoms with E-state index in [9.17, 15) is 0 Å². The van der Waals surface area contributed by atoms with Crippen molar-refractivity contribution in [3.8, 4) is 0 Å². The zero-order chi connectivity index (χ0) is 11.9. The lowest BCUT2D eigenvalue weighted by Gasteiger charge is -2.26. The van der Waals surface area contributed by atoms with E-state index in [1.165, 1.54) is 51.0 Å². The fraction of sp³-hybridized carbons (Fsp3) is 0.769. The number of aryl methyl sites for hydroxylation is 1. The summed E-state index contributed by atoms with van der Waals surface area (Å²) in [6, 6.07) is 0. The first-order valence-electron chi connectivity index (χ1n) is 6.83. The summed E-state index contributed by atoms with van der Waals surface area (Å²) in [6.45, 7) is 4.48. The first kappa shape index (κ1) is 12.6. The van der Waals surface area contributed by atoms with Crippen molar-refractivity contribution in [1.82, 2.24) is 14.9 Å². The number of aromatic amines is 1. The molecule has 0 aromatic carbocycles. The Labute approximate surface area is 104 Å². The molecule has 1 aliphatic heterocycles. The standard InChI is InChI=1S/C13H24N4/c14-7-6-12-11-15-13(16-12)5-4-10-17-8-2-1-3-9-17/h11H,1-10,14H2,(H,15,16). The van der Waals surface area contributed by atoms with E-state index in [1.807, 2.05) is 6.20 Å². The number of likely N-dealkylation sites (tertiary alicyclic amines) is 1. The number of hydrogen-bond donors (Lipinski definition) is 2. The highest BCUT2D eigenvalue weighted by Crippen LogP contribution is 2.09. The van der Waals surface area contributed by atoms with Crippen molar-refractivity contribution >= 4 is 0 Å². The summed E-state index contributed by atoms with van der Waals surface area (Å²) in [5, 5.41) is 0. The molecular weight excluding hydrogens is 212 g/mol. The third kappa shape index (κ3) is 4.13. The van der Waals surface area contributed by atoms with Crippen LogP contribution in [0, 0.1) is 0 Å². The van der Waals surface area contributed by atoms with Crippen molar-refractivity contribution in [2.75, 3.05) is 26.2 Å². The minimum Gasteiger partial charge on any atom is -0.346 e. The molecule has 0 radical (unpaired) electrons. The van der Waals surface area contributed by atoms with Crippen LogP contribution in [0.3, 0.4) is 0 Å². The molecule has 2 rings (SSSR count). The summed E-state index contributed by atoms with van der Waals surface area (Å²) in [5.41, 5.74) is 6.68. The SMILES string of the molecule is NCCc1cnc(CCCN2CCCCC2)[nH]1. The van der Waals surface area contributed by atoms with Crippen LogP contribution in [-0.4, -0.2) is 41.0 Å². The van der Waals surface area contributed by atoms with Gasteiger partial charge in [-0.25, -0.2) is 4.98 Å². The van der Waals surface area contributed by atoms with Gasteiger partial charge in [-0.15, -0.1) is 0 Å². The normalized spacial score (nSPS) is 17.5. The maximum atomic E-state index is 5.51. The van der Waals surface area contributed by atoms with Crippen LogP contribution >= 0.6 is 0 Å². The second-order valence-corrected chi connectivity index (χ2v) is 4.90. The number of nitrogens with two attached hydrogens (primary N) is 1. The molecule has 0 spiro atoms. The van der Waals surface area contributed by atoms with E-state index in [0.29, 0.717) is 6.54 Å². The fourth-order valence-electron chi connectivity index (χ4n) is 2.47. The second-order valence-electron chi connectivity index (χ2n) is 4.90. The van der Waals surface area contributed by atoms with Crippen molar-refractivity contribution in [2.24, 2.45) is 5.73 Å². The van der Waals surface area contributed by atoms with Crippen LogP contribution in [-0.2, 0) is 12.8 Å². The van der Waals surface area contributed by atoms with Gasteiger partial charge in [0.25, 0.3) is 0 Å². The van der Waals surface area contributed by atoms with Gasteiger partial charge in [-0.1, -0.05) is 6.42 Å². The Morgan fingerprint density at radius 2 is 2.06 bits per heavy atom. The van der Waals surface area contributed by atoms with Crippen LogP contribution in [0.4, 0.5) is 0 Å². The zero-order valence-electron chi connectivity index (χ0n) is 10.6. The molecule has 1 saturated heterocycles. The van der Waals surface area contributed by atoms with Gasteiger partial charge < -0.3 is 15.6 Å². The molecule has 3 N–H and O–H groups in total. The van der Waals surface area contributed by atoms with Crippen molar-refractivity contribution < 1.29 is 0 Å². The zero-order valence-corrected chi connectivity index (χ0v) is 10.6. The molecule has 1 aromatic heterocycles. The second kappa shape index (κ2) is 6.77. The average molecular weight is 236 g/mol. The van der Waals surface area contributed by atoms with Crippen molar-refractivity contribution in [3.05, 3.63) is 17.7 Å². The number of aromatic nitrogens is 2. The summed E-state index contributed by atoms with van der Waals surface area (Å²) in [4.78, 5) is 10.3. The Morgan fingerprint density at radius 3 is 2.82 bits per heavy atom. The van der Waals surface area contributed by atoms with E-state index >= 15 is 0 Å². The van der Waals surface area contributed by atoms with E-state index in [0.717, 1.165) is 18.7 Å². The van der Waals surface area contributed by atoms with E-state index < -0.39 is 0 Å². The summed E-state index contributed by atoms with van der Waals surface area (Å²) in [5.74, 6) is 1.12. The Balaban J connectivity index is 1.66. The molecule has 0 saturated carbocycles. The minimum absolute atomic E-state index is 0.690. The van der Waals surface area contributed by atoms with E-state index in [4.69, 9.17) is 5.73 Å². The highest BCUT2D eigenvalue weighted by molar-refractivity contribution is 5.01. The first-order chi connectivity index (χ1) is 8.38. The molecule has 96 valence electrons. The number of hydrogen-bond acceptors (Lipinski definition) is 3. The largest absolute Gasteiger partial charge is 0.346 e. The topological polar surface area (TPSA) is 57.9 Å². The van der Waals surface area contributed by atoms with Gasteiger partial charge >= 0.3 is 0 Å². The van der Waals surface area contributed by atoms with Crippen molar-refractivity contribution in [3.63, 3.8) is 0 Å². The fourth-order valence-corrected chi connectivity index (χ4v) is 2.47. The molecule has 17 heavy (non-hydrogen) atoms. The van der Waals surface area contributed by atoms with Gasteiger partial charge in [0.1, 0.15) is 5.82 Å². The van der Waals surface area contributed by atoms with Gasteiger partial charge in [0, 0.05) is 24.7 Å².